The molecule has 0 saturated carbocycles. The van der Waals surface area contributed by atoms with Gasteiger partial charge >= 0.3 is 0 Å². The van der Waals surface area contributed by atoms with Crippen LogP contribution >= 0.6 is 0 Å². The molecule has 0 atom stereocenters. The molecule has 0 saturated heterocycles. The van der Waals surface area contributed by atoms with Crippen LogP contribution in [0.2, 0.25) is 0 Å². The number of primary amides is 1. The molecular formula is C12H13N5O2. The van der Waals surface area contributed by atoms with Crippen LogP contribution in [0.5, 0.6) is 0 Å². The normalized spacial score (nSPS) is 10.2. The third kappa shape index (κ3) is 2.95. The molecule has 0 aliphatic rings. The predicted molar refractivity (Wildman–Crippen MR) is 67.1 cm³/mol. The van der Waals surface area contributed by atoms with Gasteiger partial charge in [-0.1, -0.05) is 12.1 Å². The summed E-state index contributed by atoms with van der Waals surface area (Å²) in [5, 5.41) is 9.71. The molecule has 1 aromatic heterocycles. The molecule has 0 unspecified atom stereocenters. The van der Waals surface area contributed by atoms with Gasteiger partial charge in [0.2, 0.25) is 5.91 Å². The first-order chi connectivity index (χ1) is 9.08. The number of aromatic amines is 1. The molecule has 0 fully saturated rings. The van der Waals surface area contributed by atoms with Gasteiger partial charge in [0.05, 0.1) is 6.20 Å². The molecule has 0 spiro atoms. The zero-order valence-corrected chi connectivity index (χ0v) is 10.3. The number of carbonyl (C=O) groups is 2. The minimum Gasteiger partial charge on any atom is -0.366 e. The highest BCUT2D eigenvalue weighted by molar-refractivity contribution is 5.93. The SMILES string of the molecule is CN(Cc1ccc(C(N)=O)cc1)C(=O)c1cn[nH]n1. The molecule has 19 heavy (non-hydrogen) atoms. The van der Waals surface area contributed by atoms with E-state index in [-0.39, 0.29) is 11.6 Å². The average molecular weight is 259 g/mol. The Kier molecular flexibility index (Phi) is 3.56. The van der Waals surface area contributed by atoms with Gasteiger partial charge in [0, 0.05) is 19.2 Å². The first-order valence-corrected chi connectivity index (χ1v) is 5.58. The van der Waals surface area contributed by atoms with E-state index in [2.05, 4.69) is 15.4 Å². The predicted octanol–water partition coefficient (Wildman–Crippen LogP) is 0.176. The molecule has 0 radical (unpaired) electrons. The van der Waals surface area contributed by atoms with Gasteiger partial charge in [-0.25, -0.2) is 0 Å². The first-order valence-electron chi connectivity index (χ1n) is 5.58. The summed E-state index contributed by atoms with van der Waals surface area (Å²) < 4.78 is 0. The molecule has 2 rings (SSSR count). The smallest absolute Gasteiger partial charge is 0.276 e. The van der Waals surface area contributed by atoms with Gasteiger partial charge in [-0.3, -0.25) is 9.59 Å². The van der Waals surface area contributed by atoms with Gasteiger partial charge in [-0.2, -0.15) is 15.4 Å². The Hall–Kier alpha value is -2.70. The number of nitrogens with zero attached hydrogens (tertiary/aromatic N) is 3. The molecule has 2 amide bonds. The van der Waals surface area contributed by atoms with E-state index in [1.165, 1.54) is 11.1 Å². The maximum Gasteiger partial charge on any atom is 0.276 e. The van der Waals surface area contributed by atoms with Crippen LogP contribution in [0.3, 0.4) is 0 Å². The molecule has 3 N–H and O–H groups in total. The van der Waals surface area contributed by atoms with Crippen molar-refractivity contribution < 1.29 is 9.59 Å². The van der Waals surface area contributed by atoms with Crippen molar-refractivity contribution in [1.29, 1.82) is 0 Å². The number of nitrogens with one attached hydrogen (secondary N) is 1. The van der Waals surface area contributed by atoms with Gasteiger partial charge in [-0.15, -0.1) is 0 Å². The van der Waals surface area contributed by atoms with E-state index in [0.717, 1.165) is 5.56 Å². The Morgan fingerprint density at radius 3 is 2.53 bits per heavy atom. The third-order valence-corrected chi connectivity index (χ3v) is 2.64. The largest absolute Gasteiger partial charge is 0.366 e. The monoisotopic (exact) mass is 259 g/mol. The fourth-order valence-corrected chi connectivity index (χ4v) is 1.62. The summed E-state index contributed by atoms with van der Waals surface area (Å²) in [4.78, 5) is 24.4. The van der Waals surface area contributed by atoms with E-state index in [9.17, 15) is 9.59 Å². The zero-order valence-electron chi connectivity index (χ0n) is 10.3. The lowest BCUT2D eigenvalue weighted by molar-refractivity contribution is 0.0779. The molecule has 7 heteroatoms. The lowest BCUT2D eigenvalue weighted by Gasteiger charge is -2.15. The van der Waals surface area contributed by atoms with Crippen molar-refractivity contribution in [2.75, 3.05) is 7.05 Å². The van der Waals surface area contributed by atoms with Gasteiger partial charge in [-0.05, 0) is 17.7 Å². The molecular weight excluding hydrogens is 246 g/mol. The fraction of sp³-hybridized carbons (Fsp3) is 0.167. The fourth-order valence-electron chi connectivity index (χ4n) is 1.62. The maximum atomic E-state index is 11.9. The lowest BCUT2D eigenvalue weighted by Crippen LogP contribution is -2.26. The van der Waals surface area contributed by atoms with Crippen LogP contribution in [0.25, 0.3) is 0 Å². The summed E-state index contributed by atoms with van der Waals surface area (Å²) in [6.45, 7) is 0.407. The molecule has 2 aromatic rings. The molecule has 7 nitrogen and oxygen atoms in total. The van der Waals surface area contributed by atoms with Crippen LogP contribution < -0.4 is 5.73 Å². The molecule has 0 aliphatic carbocycles. The number of H-pyrrole nitrogens is 1. The molecule has 98 valence electrons. The lowest BCUT2D eigenvalue weighted by atomic mass is 10.1. The maximum absolute atomic E-state index is 11.9. The summed E-state index contributed by atoms with van der Waals surface area (Å²) in [7, 11) is 1.67. The van der Waals surface area contributed by atoms with Crippen LogP contribution in [0.4, 0.5) is 0 Å². The number of hydrogen-bond acceptors (Lipinski definition) is 4. The van der Waals surface area contributed by atoms with Gasteiger partial charge in [0.25, 0.3) is 5.91 Å². The summed E-state index contributed by atoms with van der Waals surface area (Å²) in [5.74, 6) is -0.702. The standard InChI is InChI=1S/C12H13N5O2/c1-17(12(19)10-6-14-16-15-10)7-8-2-4-9(5-3-8)11(13)18/h2-6H,7H2,1H3,(H2,13,18)(H,14,15,16). The van der Waals surface area contributed by atoms with E-state index in [4.69, 9.17) is 5.73 Å². The summed E-state index contributed by atoms with van der Waals surface area (Å²) in [6.07, 6.45) is 1.37. The Morgan fingerprint density at radius 1 is 1.32 bits per heavy atom. The van der Waals surface area contributed by atoms with Gasteiger partial charge in [0.15, 0.2) is 5.69 Å². The second-order valence-corrected chi connectivity index (χ2v) is 4.08. The second-order valence-electron chi connectivity index (χ2n) is 4.08. The van der Waals surface area contributed by atoms with Crippen LogP contribution in [0.1, 0.15) is 26.4 Å². The second kappa shape index (κ2) is 5.30. The topological polar surface area (TPSA) is 105 Å². The highest BCUT2D eigenvalue weighted by Crippen LogP contribution is 2.08. The summed E-state index contributed by atoms with van der Waals surface area (Å²) >= 11 is 0. The number of benzene rings is 1. The van der Waals surface area contributed by atoms with Crippen LogP contribution in [0.15, 0.2) is 30.5 Å². The summed E-state index contributed by atoms with van der Waals surface area (Å²) in [5.41, 5.74) is 6.75. The van der Waals surface area contributed by atoms with E-state index >= 15 is 0 Å². The highest BCUT2D eigenvalue weighted by atomic mass is 16.2. The quantitative estimate of drug-likeness (QED) is 0.816. The van der Waals surface area contributed by atoms with Crippen molar-refractivity contribution in [3.63, 3.8) is 0 Å². The van der Waals surface area contributed by atoms with E-state index in [1.807, 2.05) is 0 Å². The molecule has 1 heterocycles. The van der Waals surface area contributed by atoms with Crippen LogP contribution in [-0.4, -0.2) is 39.2 Å². The molecule has 1 aromatic carbocycles. The Labute approximate surface area is 109 Å². The van der Waals surface area contributed by atoms with Crippen molar-refractivity contribution >= 4 is 11.8 Å². The molecule has 0 bridgehead atoms. The van der Waals surface area contributed by atoms with E-state index in [0.29, 0.717) is 12.1 Å². The minimum absolute atomic E-state index is 0.229. The first kappa shape index (κ1) is 12.7. The number of hydrogen-bond donors (Lipinski definition) is 2. The van der Waals surface area contributed by atoms with Crippen molar-refractivity contribution in [3.8, 4) is 0 Å². The summed E-state index contributed by atoms with van der Waals surface area (Å²) in [6, 6.07) is 6.78. The van der Waals surface area contributed by atoms with E-state index < -0.39 is 5.91 Å². The highest BCUT2D eigenvalue weighted by Gasteiger charge is 2.14. The number of aromatic nitrogens is 3. The van der Waals surface area contributed by atoms with Gasteiger partial charge in [0.1, 0.15) is 0 Å². The number of amides is 2. The Balaban J connectivity index is 2.04. The van der Waals surface area contributed by atoms with Crippen molar-refractivity contribution in [2.24, 2.45) is 5.73 Å². The molecule has 0 aliphatic heterocycles. The van der Waals surface area contributed by atoms with E-state index in [1.54, 1.807) is 31.3 Å². The van der Waals surface area contributed by atoms with Crippen molar-refractivity contribution in [2.45, 2.75) is 6.54 Å². The van der Waals surface area contributed by atoms with Crippen molar-refractivity contribution in [3.05, 3.63) is 47.3 Å². The third-order valence-electron chi connectivity index (χ3n) is 2.64. The number of rotatable bonds is 4. The van der Waals surface area contributed by atoms with Crippen LogP contribution in [-0.2, 0) is 6.54 Å². The number of nitrogens with two attached hydrogens (primary N) is 1. The van der Waals surface area contributed by atoms with Crippen LogP contribution in [0, 0.1) is 0 Å². The van der Waals surface area contributed by atoms with Gasteiger partial charge < -0.3 is 10.6 Å². The zero-order chi connectivity index (χ0) is 13.8. The Bertz CT molecular complexity index is 577. The minimum atomic E-state index is -0.474. The van der Waals surface area contributed by atoms with Crippen molar-refractivity contribution in [1.82, 2.24) is 20.3 Å². The number of carbonyl (C=O) groups excluding carboxylic acids is 2. The Morgan fingerprint density at radius 2 is 2.00 bits per heavy atom. The average Bonchev–Trinajstić information content (AvgIpc) is 2.92.